The van der Waals surface area contributed by atoms with E-state index < -0.39 is 11.9 Å². The van der Waals surface area contributed by atoms with Gasteiger partial charge in [-0.05, 0) is 69.9 Å². The highest BCUT2D eigenvalue weighted by molar-refractivity contribution is 7.15. The third-order valence-corrected chi connectivity index (χ3v) is 12.8. The Kier molecular flexibility index (Phi) is 11.2. The second kappa shape index (κ2) is 16.4. The van der Waals surface area contributed by atoms with Crippen LogP contribution in [-0.2, 0) is 25.7 Å². The third kappa shape index (κ3) is 7.75. The van der Waals surface area contributed by atoms with Crippen molar-refractivity contribution in [1.29, 1.82) is 0 Å². The van der Waals surface area contributed by atoms with Gasteiger partial charge in [-0.25, -0.2) is 5.01 Å². The van der Waals surface area contributed by atoms with E-state index in [9.17, 15) is 24.0 Å². The molecule has 4 aromatic rings. The molecule has 0 saturated carbocycles. The number of carbonyl (C=O) groups is 5. The molecule has 4 aliphatic rings. The summed E-state index contributed by atoms with van der Waals surface area (Å²) in [5.41, 5.74) is 9.12. The zero-order valence-corrected chi connectivity index (χ0v) is 34.2. The second-order valence-corrected chi connectivity index (χ2v) is 16.7. The molecule has 2 fully saturated rings. The highest BCUT2D eigenvalue weighted by Gasteiger charge is 2.40. The first-order valence-corrected chi connectivity index (χ1v) is 20.8. The van der Waals surface area contributed by atoms with Crippen molar-refractivity contribution in [2.24, 2.45) is 4.99 Å². The fourth-order valence-electron chi connectivity index (χ4n) is 8.13. The van der Waals surface area contributed by atoms with Crippen molar-refractivity contribution in [2.45, 2.75) is 77.9 Å². The summed E-state index contributed by atoms with van der Waals surface area (Å²) >= 11 is 7.95. The SMILES string of the molecule is Cc1sc2c(c1C)C(c1ccc(Cl)cc1)=N[C@@H](CCC(=O)N1CCN(NC(=O)CCCNc3cccc4c3CN(C3CCC(=O)NC3=O)C4=O)CC1)c1nnc(C)n1-2. The molecule has 6 heterocycles. The van der Waals surface area contributed by atoms with Gasteiger partial charge in [-0.1, -0.05) is 29.8 Å². The Morgan fingerprint density at radius 2 is 1.76 bits per heavy atom. The lowest BCUT2D eigenvalue weighted by Gasteiger charge is -2.35. The number of aliphatic imine (C=N–C) groups is 1. The van der Waals surface area contributed by atoms with Crippen LogP contribution < -0.4 is 16.1 Å². The summed E-state index contributed by atoms with van der Waals surface area (Å²) in [6.45, 7) is 8.95. The van der Waals surface area contributed by atoms with Crippen molar-refractivity contribution < 1.29 is 24.0 Å². The predicted octanol–water partition coefficient (Wildman–Crippen LogP) is 4.41. The first kappa shape index (κ1) is 39.4. The number of thiophene rings is 1. The Balaban J connectivity index is 0.818. The number of carbonyl (C=O) groups excluding carboxylic acids is 5. The Labute approximate surface area is 344 Å². The molecule has 2 atom stereocenters. The zero-order valence-electron chi connectivity index (χ0n) is 32.6. The molecule has 302 valence electrons. The number of amides is 5. The van der Waals surface area contributed by atoms with E-state index in [0.29, 0.717) is 62.6 Å². The minimum Gasteiger partial charge on any atom is -0.385 e. The van der Waals surface area contributed by atoms with E-state index in [1.807, 2.05) is 47.2 Å². The minimum absolute atomic E-state index is 0.0310. The van der Waals surface area contributed by atoms with Gasteiger partial charge in [-0.3, -0.25) is 44.3 Å². The molecular weight excluding hydrogens is 780 g/mol. The number of aromatic nitrogens is 3. The molecular formula is C41H45ClN10O5S. The number of aryl methyl sites for hydroxylation is 2. The molecule has 0 radical (unpaired) electrons. The van der Waals surface area contributed by atoms with E-state index in [1.165, 1.54) is 9.78 Å². The van der Waals surface area contributed by atoms with Crippen molar-refractivity contribution in [2.75, 3.05) is 38.0 Å². The number of rotatable bonds is 11. The normalized spacial score (nSPS) is 19.2. The first-order valence-electron chi connectivity index (χ1n) is 19.7. The number of nitrogens with one attached hydrogen (secondary N) is 3. The Bertz CT molecular complexity index is 2330. The van der Waals surface area contributed by atoms with Crippen molar-refractivity contribution in [3.05, 3.63) is 91.8 Å². The van der Waals surface area contributed by atoms with Crippen molar-refractivity contribution in [3.63, 3.8) is 0 Å². The van der Waals surface area contributed by atoms with Crippen molar-refractivity contribution in [3.8, 4) is 5.00 Å². The van der Waals surface area contributed by atoms with Crippen LogP contribution in [0.2, 0.25) is 5.02 Å². The highest BCUT2D eigenvalue weighted by atomic mass is 35.5. The summed E-state index contributed by atoms with van der Waals surface area (Å²) in [5.74, 6) is 0.420. The molecule has 1 unspecified atom stereocenters. The van der Waals surface area contributed by atoms with Crippen LogP contribution in [0.3, 0.4) is 0 Å². The van der Waals surface area contributed by atoms with Crippen molar-refractivity contribution in [1.82, 2.24) is 40.3 Å². The average Bonchev–Trinajstić information content (AvgIpc) is 3.82. The van der Waals surface area contributed by atoms with Crippen LogP contribution in [0.15, 0.2) is 47.5 Å². The maximum Gasteiger partial charge on any atom is 0.255 e. The molecule has 0 aliphatic carbocycles. The largest absolute Gasteiger partial charge is 0.385 e. The average molecular weight is 825 g/mol. The van der Waals surface area contributed by atoms with Crippen LogP contribution in [-0.4, -0.2) is 104 Å². The van der Waals surface area contributed by atoms with Gasteiger partial charge in [0, 0.05) is 96.4 Å². The lowest BCUT2D eigenvalue weighted by molar-refractivity contribution is -0.137. The van der Waals surface area contributed by atoms with Crippen LogP contribution in [0.1, 0.15) is 93.7 Å². The van der Waals surface area contributed by atoms with Gasteiger partial charge in [-0.15, -0.1) is 21.5 Å². The smallest absolute Gasteiger partial charge is 0.255 e. The summed E-state index contributed by atoms with van der Waals surface area (Å²) in [7, 11) is 0. The molecule has 15 nitrogen and oxygen atoms in total. The van der Waals surface area contributed by atoms with E-state index in [4.69, 9.17) is 16.6 Å². The maximum absolute atomic E-state index is 13.6. The summed E-state index contributed by atoms with van der Waals surface area (Å²) in [6.07, 6.45) is 2.10. The standard InChI is InChI=1S/C41H45ClN10O5S/c1-23-24(2)58-41-36(23)37(26-9-11-27(42)12-10-26)44-31(38-47-46-25(3)52(38)41)13-16-35(55)49-18-20-50(21-19-49)48-34(54)8-5-17-43-30-7-4-6-28-29(30)22-51(40(28)57)32-14-15-33(53)45-39(32)56/h4,6-7,9-12,31-32,43H,5,8,13-22H2,1-3H3,(H,48,54)(H,45,53,56)/t31-,32?/m0/s1. The van der Waals surface area contributed by atoms with Crippen LogP contribution in [0.5, 0.6) is 0 Å². The number of fused-ring (bicyclic) bond motifs is 4. The van der Waals surface area contributed by atoms with E-state index in [0.717, 1.165) is 50.3 Å². The van der Waals surface area contributed by atoms with E-state index >= 15 is 0 Å². The fourth-order valence-corrected chi connectivity index (χ4v) is 9.47. The van der Waals surface area contributed by atoms with Gasteiger partial charge < -0.3 is 15.1 Å². The number of benzene rings is 2. The fraction of sp³-hybridized carbons (Fsp3) is 0.415. The number of piperazine rings is 1. The quantitative estimate of drug-likeness (QED) is 0.146. The number of piperidine rings is 1. The molecule has 0 spiro atoms. The molecule has 2 aromatic heterocycles. The number of anilines is 1. The Morgan fingerprint density at radius 3 is 2.52 bits per heavy atom. The number of nitrogens with zero attached hydrogens (tertiary/aromatic N) is 7. The number of halogens is 1. The van der Waals surface area contributed by atoms with Gasteiger partial charge in [0.15, 0.2) is 5.82 Å². The maximum atomic E-state index is 13.6. The topological polar surface area (TPSA) is 174 Å². The summed E-state index contributed by atoms with van der Waals surface area (Å²) in [4.78, 5) is 73.5. The molecule has 17 heteroatoms. The van der Waals surface area contributed by atoms with Gasteiger partial charge >= 0.3 is 0 Å². The summed E-state index contributed by atoms with van der Waals surface area (Å²) in [6, 6.07) is 12.1. The van der Waals surface area contributed by atoms with Crippen LogP contribution in [0.4, 0.5) is 5.69 Å². The van der Waals surface area contributed by atoms with Gasteiger partial charge in [-0.2, -0.15) is 0 Å². The molecule has 8 rings (SSSR count). The Hall–Kier alpha value is -5.45. The van der Waals surface area contributed by atoms with Crippen LogP contribution in [0, 0.1) is 20.8 Å². The summed E-state index contributed by atoms with van der Waals surface area (Å²) in [5, 5.41) is 18.2. The van der Waals surface area contributed by atoms with E-state index in [2.05, 4.69) is 44.7 Å². The minimum atomic E-state index is -0.678. The highest BCUT2D eigenvalue weighted by Crippen LogP contribution is 2.40. The number of imide groups is 1. The molecule has 5 amide bonds. The van der Waals surface area contributed by atoms with E-state index in [-0.39, 0.29) is 55.5 Å². The molecule has 58 heavy (non-hydrogen) atoms. The second-order valence-electron chi connectivity index (χ2n) is 15.1. The predicted molar refractivity (Wildman–Crippen MR) is 219 cm³/mol. The summed E-state index contributed by atoms with van der Waals surface area (Å²) < 4.78 is 2.09. The van der Waals surface area contributed by atoms with Crippen LogP contribution in [0.25, 0.3) is 5.00 Å². The zero-order chi connectivity index (χ0) is 40.7. The molecule has 4 aliphatic heterocycles. The van der Waals surface area contributed by atoms with Crippen LogP contribution >= 0.6 is 22.9 Å². The Morgan fingerprint density at radius 1 is 0.983 bits per heavy atom. The van der Waals surface area contributed by atoms with Gasteiger partial charge in [0.25, 0.3) is 5.91 Å². The number of hydrazine groups is 1. The first-order chi connectivity index (χ1) is 28.0. The molecule has 2 aromatic carbocycles. The molecule has 3 N–H and O–H groups in total. The lowest BCUT2D eigenvalue weighted by Crippen LogP contribution is -2.54. The number of hydrogen-bond donors (Lipinski definition) is 3. The van der Waals surface area contributed by atoms with Crippen molar-refractivity contribution >= 4 is 63.9 Å². The molecule has 0 bridgehead atoms. The molecule has 2 saturated heterocycles. The third-order valence-electron chi connectivity index (χ3n) is 11.4. The number of hydrogen-bond acceptors (Lipinski definition) is 11. The monoisotopic (exact) mass is 824 g/mol. The van der Waals surface area contributed by atoms with Gasteiger partial charge in [0.05, 0.1) is 5.71 Å². The lowest BCUT2D eigenvalue weighted by atomic mass is 9.99. The van der Waals surface area contributed by atoms with Gasteiger partial charge in [0.1, 0.15) is 22.9 Å². The van der Waals surface area contributed by atoms with E-state index in [1.54, 1.807) is 23.5 Å². The van der Waals surface area contributed by atoms with Gasteiger partial charge in [0.2, 0.25) is 23.6 Å².